The van der Waals surface area contributed by atoms with Gasteiger partial charge in [0.25, 0.3) is 11.6 Å². The van der Waals surface area contributed by atoms with E-state index in [0.29, 0.717) is 42.5 Å². The number of nitrogens with zero attached hydrogens (tertiary/aromatic N) is 4. The number of thiocarbonyl (C=S) groups is 1. The van der Waals surface area contributed by atoms with Crippen molar-refractivity contribution in [2.24, 2.45) is 0 Å². The number of piperidine rings is 1. The highest BCUT2D eigenvalue weighted by Gasteiger charge is 2.25. The number of amides is 1. The number of carbonyl (C=O) groups excluding carboxylic acids is 1. The summed E-state index contributed by atoms with van der Waals surface area (Å²) < 4.78 is 0.720. The van der Waals surface area contributed by atoms with Gasteiger partial charge in [-0.2, -0.15) is 0 Å². The molecular formula is C23H26BrN5O3S. The van der Waals surface area contributed by atoms with E-state index >= 15 is 0 Å². The van der Waals surface area contributed by atoms with E-state index < -0.39 is 0 Å². The molecule has 2 saturated heterocycles. The van der Waals surface area contributed by atoms with Gasteiger partial charge in [-0.25, -0.2) is 0 Å². The van der Waals surface area contributed by atoms with E-state index in [1.807, 2.05) is 35.2 Å². The third kappa shape index (κ3) is 5.44. The van der Waals surface area contributed by atoms with Gasteiger partial charge in [-0.05, 0) is 71.7 Å². The van der Waals surface area contributed by atoms with Crippen LogP contribution in [0.15, 0.2) is 46.9 Å². The number of nitrogens with one attached hydrogen (secondary N) is 1. The fourth-order valence-corrected chi connectivity index (χ4v) is 5.05. The first-order valence-corrected chi connectivity index (χ1v) is 12.3. The highest BCUT2D eigenvalue weighted by Crippen LogP contribution is 2.34. The smallest absolute Gasteiger partial charge is 0.292 e. The maximum Gasteiger partial charge on any atom is 0.292 e. The molecule has 10 heteroatoms. The van der Waals surface area contributed by atoms with Crippen molar-refractivity contribution in [2.75, 3.05) is 49.1 Å². The second-order valence-corrected chi connectivity index (χ2v) is 9.43. The normalized spacial score (nSPS) is 16.5. The minimum Gasteiger partial charge on any atom is -0.368 e. The van der Waals surface area contributed by atoms with Crippen LogP contribution < -0.4 is 15.1 Å². The van der Waals surface area contributed by atoms with Gasteiger partial charge in [-0.15, -0.1) is 0 Å². The zero-order valence-electron chi connectivity index (χ0n) is 18.2. The number of hydrogen-bond acceptors (Lipinski definition) is 6. The molecule has 2 aliphatic heterocycles. The fraction of sp³-hybridized carbons (Fsp3) is 0.391. The zero-order valence-corrected chi connectivity index (χ0v) is 20.6. The van der Waals surface area contributed by atoms with E-state index in [1.165, 1.54) is 6.42 Å². The first-order valence-electron chi connectivity index (χ1n) is 11.1. The SMILES string of the molecule is O=C(NC(=S)N1CCN(c2ccc([N+](=O)[O-])c(N3CCCCC3)c2)CC1)c1ccccc1Br. The van der Waals surface area contributed by atoms with E-state index in [4.69, 9.17) is 12.2 Å². The lowest BCUT2D eigenvalue weighted by molar-refractivity contribution is -0.384. The van der Waals surface area contributed by atoms with Crippen LogP contribution in [-0.4, -0.2) is 60.1 Å². The lowest BCUT2D eigenvalue weighted by Gasteiger charge is -2.37. The molecule has 0 atom stereocenters. The number of hydrogen-bond donors (Lipinski definition) is 1. The topological polar surface area (TPSA) is 82.0 Å². The molecule has 0 aliphatic carbocycles. The van der Waals surface area contributed by atoms with Gasteiger partial charge in [0.05, 0.1) is 10.5 Å². The van der Waals surface area contributed by atoms with Crippen LogP contribution in [0, 0.1) is 10.1 Å². The Balaban J connectivity index is 1.40. The summed E-state index contributed by atoms with van der Waals surface area (Å²) in [5, 5.41) is 14.8. The molecule has 2 aromatic carbocycles. The molecule has 0 aromatic heterocycles. The van der Waals surface area contributed by atoms with Gasteiger partial charge >= 0.3 is 0 Å². The Morgan fingerprint density at radius 2 is 1.67 bits per heavy atom. The number of rotatable bonds is 4. The van der Waals surface area contributed by atoms with Crippen LogP contribution >= 0.6 is 28.1 Å². The Labute approximate surface area is 206 Å². The second-order valence-electron chi connectivity index (χ2n) is 8.19. The van der Waals surface area contributed by atoms with Crippen molar-refractivity contribution in [1.82, 2.24) is 10.2 Å². The number of benzene rings is 2. The Bertz CT molecular complexity index is 1050. The second kappa shape index (κ2) is 10.5. The van der Waals surface area contributed by atoms with Gasteiger partial charge in [0, 0.05) is 55.5 Å². The lowest BCUT2D eigenvalue weighted by atomic mass is 10.1. The number of halogens is 1. The number of nitro benzene ring substituents is 1. The number of piperazine rings is 1. The predicted molar refractivity (Wildman–Crippen MR) is 137 cm³/mol. The molecule has 0 spiro atoms. The summed E-state index contributed by atoms with van der Waals surface area (Å²) in [7, 11) is 0. The first kappa shape index (κ1) is 23.4. The highest BCUT2D eigenvalue weighted by molar-refractivity contribution is 9.10. The summed E-state index contributed by atoms with van der Waals surface area (Å²) in [6, 6.07) is 12.6. The molecule has 1 N–H and O–H groups in total. The minimum atomic E-state index is -0.294. The molecule has 2 heterocycles. The van der Waals surface area contributed by atoms with Gasteiger partial charge in [-0.3, -0.25) is 20.2 Å². The van der Waals surface area contributed by atoms with Crippen molar-refractivity contribution >= 4 is 56.2 Å². The van der Waals surface area contributed by atoms with Crippen LogP contribution in [-0.2, 0) is 0 Å². The van der Waals surface area contributed by atoms with E-state index in [1.54, 1.807) is 12.1 Å². The molecule has 4 rings (SSSR count). The average molecular weight is 532 g/mol. The van der Waals surface area contributed by atoms with Crippen molar-refractivity contribution in [3.8, 4) is 0 Å². The summed E-state index contributed by atoms with van der Waals surface area (Å²) >= 11 is 8.87. The monoisotopic (exact) mass is 531 g/mol. The molecule has 2 fully saturated rings. The maximum atomic E-state index is 12.6. The summed E-state index contributed by atoms with van der Waals surface area (Å²) in [4.78, 5) is 30.2. The number of nitro groups is 1. The van der Waals surface area contributed by atoms with Gasteiger partial charge in [-0.1, -0.05) is 12.1 Å². The molecule has 174 valence electrons. The fourth-order valence-electron chi connectivity index (χ4n) is 4.31. The highest BCUT2D eigenvalue weighted by atomic mass is 79.9. The minimum absolute atomic E-state index is 0.162. The van der Waals surface area contributed by atoms with Crippen LogP contribution in [0.4, 0.5) is 17.1 Å². The molecular weight excluding hydrogens is 506 g/mol. The van der Waals surface area contributed by atoms with Crippen LogP contribution in [0.5, 0.6) is 0 Å². The standard InChI is InChI=1S/C23H26BrN5O3S/c24-19-7-3-2-6-18(19)22(30)25-23(33)28-14-12-26(13-15-28)17-8-9-20(29(31)32)21(16-17)27-10-4-1-5-11-27/h2-3,6-9,16H,1,4-5,10-15H2,(H,25,30,33). The quantitative estimate of drug-likeness (QED) is 0.360. The van der Waals surface area contributed by atoms with Crippen molar-refractivity contribution in [2.45, 2.75) is 19.3 Å². The Morgan fingerprint density at radius 3 is 2.33 bits per heavy atom. The lowest BCUT2D eigenvalue weighted by Crippen LogP contribution is -2.52. The average Bonchev–Trinajstić information content (AvgIpc) is 2.84. The Kier molecular flexibility index (Phi) is 7.44. The van der Waals surface area contributed by atoms with Crippen LogP contribution in [0.2, 0.25) is 0 Å². The molecule has 2 aliphatic rings. The van der Waals surface area contributed by atoms with Gasteiger partial charge in [0.2, 0.25) is 0 Å². The maximum absolute atomic E-state index is 12.6. The molecule has 0 radical (unpaired) electrons. The molecule has 0 bridgehead atoms. The van der Waals surface area contributed by atoms with Crippen molar-refractivity contribution < 1.29 is 9.72 Å². The summed E-state index contributed by atoms with van der Waals surface area (Å²) in [6.07, 6.45) is 3.29. The van der Waals surface area contributed by atoms with E-state index in [0.717, 1.165) is 36.1 Å². The zero-order chi connectivity index (χ0) is 23.4. The predicted octanol–water partition coefficient (Wildman–Crippen LogP) is 4.18. The summed E-state index contributed by atoms with van der Waals surface area (Å²) in [6.45, 7) is 4.44. The Morgan fingerprint density at radius 1 is 0.970 bits per heavy atom. The van der Waals surface area contributed by atoms with E-state index in [2.05, 4.69) is 31.0 Å². The van der Waals surface area contributed by atoms with Crippen molar-refractivity contribution in [3.05, 3.63) is 62.6 Å². The molecule has 1 amide bonds. The van der Waals surface area contributed by atoms with Crippen LogP contribution in [0.25, 0.3) is 0 Å². The van der Waals surface area contributed by atoms with Gasteiger partial charge in [0.1, 0.15) is 5.69 Å². The molecule has 0 saturated carbocycles. The largest absolute Gasteiger partial charge is 0.368 e. The van der Waals surface area contributed by atoms with Gasteiger partial charge in [0.15, 0.2) is 5.11 Å². The number of anilines is 2. The molecule has 33 heavy (non-hydrogen) atoms. The van der Waals surface area contributed by atoms with Crippen LogP contribution in [0.1, 0.15) is 29.6 Å². The van der Waals surface area contributed by atoms with E-state index in [9.17, 15) is 14.9 Å². The summed E-state index contributed by atoms with van der Waals surface area (Å²) in [5.74, 6) is -0.239. The molecule has 8 nitrogen and oxygen atoms in total. The van der Waals surface area contributed by atoms with Crippen molar-refractivity contribution in [1.29, 1.82) is 0 Å². The third-order valence-corrected chi connectivity index (χ3v) is 7.18. The number of carbonyl (C=O) groups is 1. The molecule has 2 aromatic rings. The first-order chi connectivity index (χ1) is 15.9. The third-order valence-electron chi connectivity index (χ3n) is 6.12. The van der Waals surface area contributed by atoms with Gasteiger partial charge < -0.3 is 14.7 Å². The van der Waals surface area contributed by atoms with E-state index in [-0.39, 0.29) is 16.5 Å². The van der Waals surface area contributed by atoms with Crippen LogP contribution in [0.3, 0.4) is 0 Å². The summed E-state index contributed by atoms with van der Waals surface area (Å²) in [5.41, 5.74) is 2.38. The Hall–Kier alpha value is -2.72. The van der Waals surface area contributed by atoms with Crippen molar-refractivity contribution in [3.63, 3.8) is 0 Å². The molecule has 0 unspecified atom stereocenters.